The molecule has 0 aromatic heterocycles. The Bertz CT molecular complexity index is 1050. The molecular weight excluding hydrogens is 392 g/mol. The van der Waals surface area contributed by atoms with E-state index in [0.29, 0.717) is 21.8 Å². The van der Waals surface area contributed by atoms with E-state index < -0.39 is 34.4 Å². The topological polar surface area (TPSA) is 104 Å². The van der Waals surface area contributed by atoms with Gasteiger partial charge in [0.15, 0.2) is 0 Å². The molecule has 2 aromatic carbocycles. The first kappa shape index (κ1) is 19.2. The van der Waals surface area contributed by atoms with Gasteiger partial charge in [0.25, 0.3) is 10.0 Å². The number of benzene rings is 2. The van der Waals surface area contributed by atoms with E-state index in [1.165, 1.54) is 18.2 Å². The maximum Gasteiger partial charge on any atom is 0.306 e. The molecule has 0 spiro atoms. The minimum Gasteiger partial charge on any atom is -0.481 e. The number of aryl methyl sites for hydroxylation is 2. The second-order valence-electron chi connectivity index (χ2n) is 6.29. The molecule has 0 saturated heterocycles. The summed E-state index contributed by atoms with van der Waals surface area (Å²) in [4.78, 5) is 23.7. The van der Waals surface area contributed by atoms with Crippen LogP contribution in [-0.4, -0.2) is 31.4 Å². The van der Waals surface area contributed by atoms with Crippen molar-refractivity contribution in [1.82, 2.24) is 0 Å². The van der Waals surface area contributed by atoms with Gasteiger partial charge in [-0.3, -0.25) is 13.9 Å². The highest BCUT2D eigenvalue weighted by Crippen LogP contribution is 2.38. The Morgan fingerprint density at radius 3 is 2.56 bits per heavy atom. The molecule has 7 nitrogen and oxygen atoms in total. The fraction of sp³-hybridized carbons (Fsp3) is 0.222. The molecule has 0 bridgehead atoms. The van der Waals surface area contributed by atoms with Gasteiger partial charge in [-0.1, -0.05) is 23.7 Å². The van der Waals surface area contributed by atoms with Crippen LogP contribution < -0.4 is 9.62 Å². The summed E-state index contributed by atoms with van der Waals surface area (Å²) in [5.41, 5.74) is 1.49. The number of nitrogens with one attached hydrogen (secondary N) is 1. The van der Waals surface area contributed by atoms with Gasteiger partial charge in [-0.25, -0.2) is 8.42 Å². The molecule has 1 heterocycles. The van der Waals surface area contributed by atoms with E-state index in [0.717, 1.165) is 4.31 Å². The molecule has 1 amide bonds. The Labute approximate surface area is 161 Å². The van der Waals surface area contributed by atoms with E-state index in [4.69, 9.17) is 11.6 Å². The molecular formula is C18H17ClN2O5S. The summed E-state index contributed by atoms with van der Waals surface area (Å²) in [6.45, 7) is 3.27. The quantitative estimate of drug-likeness (QED) is 0.809. The third-order valence-electron chi connectivity index (χ3n) is 4.35. The zero-order valence-electron chi connectivity index (χ0n) is 14.6. The highest BCUT2D eigenvalue weighted by atomic mass is 35.5. The average Bonchev–Trinajstić information content (AvgIpc) is 2.58. The van der Waals surface area contributed by atoms with Gasteiger partial charge in [-0.2, -0.15) is 0 Å². The smallest absolute Gasteiger partial charge is 0.306 e. The normalized spacial score (nSPS) is 16.6. The number of halogens is 1. The zero-order valence-corrected chi connectivity index (χ0v) is 16.1. The highest BCUT2D eigenvalue weighted by molar-refractivity contribution is 7.93. The fourth-order valence-electron chi connectivity index (χ4n) is 3.04. The zero-order chi connectivity index (χ0) is 19.9. The molecule has 3 rings (SSSR count). The summed E-state index contributed by atoms with van der Waals surface area (Å²) in [6, 6.07) is 7.92. The lowest BCUT2D eigenvalue weighted by Crippen LogP contribution is -2.51. The number of carboxylic acids is 1. The Hall–Kier alpha value is -2.58. The number of aliphatic carboxylic acids is 1. The lowest BCUT2D eigenvalue weighted by molar-refractivity contribution is -0.138. The first-order valence-corrected chi connectivity index (χ1v) is 9.87. The second-order valence-corrected chi connectivity index (χ2v) is 8.48. The summed E-state index contributed by atoms with van der Waals surface area (Å²) >= 11 is 6.07. The molecule has 1 aliphatic heterocycles. The SMILES string of the molecule is Cc1cc(S(=O)(=O)N2c3ccccc3NC(=O)[C@@H]2CC(=O)O)c(C)cc1Cl. The monoisotopic (exact) mass is 408 g/mol. The molecule has 9 heteroatoms. The van der Waals surface area contributed by atoms with E-state index in [-0.39, 0.29) is 10.6 Å². The van der Waals surface area contributed by atoms with Crippen LogP contribution in [-0.2, 0) is 19.6 Å². The van der Waals surface area contributed by atoms with Crippen molar-refractivity contribution in [3.8, 4) is 0 Å². The van der Waals surface area contributed by atoms with Gasteiger partial charge in [0.1, 0.15) is 6.04 Å². The van der Waals surface area contributed by atoms with Crippen molar-refractivity contribution in [3.63, 3.8) is 0 Å². The van der Waals surface area contributed by atoms with Gasteiger partial charge in [0.05, 0.1) is 22.7 Å². The maximum absolute atomic E-state index is 13.5. The molecule has 0 unspecified atom stereocenters. The van der Waals surface area contributed by atoms with E-state index >= 15 is 0 Å². The number of rotatable bonds is 4. The predicted molar refractivity (Wildman–Crippen MR) is 102 cm³/mol. The summed E-state index contributed by atoms with van der Waals surface area (Å²) in [6.07, 6.45) is -0.662. The Kier molecular flexibility index (Phi) is 4.88. The first-order chi connectivity index (χ1) is 12.6. The van der Waals surface area contributed by atoms with Gasteiger partial charge in [-0.05, 0) is 49.2 Å². The molecule has 27 heavy (non-hydrogen) atoms. The minimum atomic E-state index is -4.22. The van der Waals surface area contributed by atoms with Crippen molar-refractivity contribution in [2.24, 2.45) is 0 Å². The van der Waals surface area contributed by atoms with Crippen molar-refractivity contribution in [1.29, 1.82) is 0 Å². The van der Waals surface area contributed by atoms with E-state index in [2.05, 4.69) is 5.32 Å². The molecule has 2 N–H and O–H groups in total. The minimum absolute atomic E-state index is 0.0238. The number of para-hydroxylation sites is 2. The number of anilines is 2. The largest absolute Gasteiger partial charge is 0.481 e. The highest BCUT2D eigenvalue weighted by Gasteiger charge is 2.42. The molecule has 142 valence electrons. The summed E-state index contributed by atoms with van der Waals surface area (Å²) < 4.78 is 27.9. The molecule has 0 fully saturated rings. The van der Waals surface area contributed by atoms with E-state index in [1.54, 1.807) is 32.0 Å². The summed E-state index contributed by atoms with van der Waals surface area (Å²) in [5, 5.41) is 12.2. The maximum atomic E-state index is 13.5. The average molecular weight is 409 g/mol. The standard InChI is InChI=1S/C18H17ClN2O5S/c1-10-8-16(11(2)7-12(10)19)27(25,26)21-14-6-4-3-5-13(14)20-18(24)15(21)9-17(22)23/h3-8,15H,9H2,1-2H3,(H,20,24)(H,22,23)/t15-/m0/s1. The van der Waals surface area contributed by atoms with Gasteiger partial charge in [0, 0.05) is 5.02 Å². The molecule has 1 aliphatic rings. The van der Waals surface area contributed by atoms with Crippen molar-refractivity contribution in [2.45, 2.75) is 31.2 Å². The van der Waals surface area contributed by atoms with Crippen LogP contribution in [0.15, 0.2) is 41.3 Å². The first-order valence-electron chi connectivity index (χ1n) is 8.06. The number of hydrogen-bond donors (Lipinski definition) is 2. The molecule has 2 aromatic rings. The molecule has 1 atom stereocenters. The third kappa shape index (κ3) is 3.38. The van der Waals surface area contributed by atoms with Crippen molar-refractivity contribution >= 4 is 44.9 Å². The number of carbonyl (C=O) groups is 2. The van der Waals surface area contributed by atoms with Crippen molar-refractivity contribution in [3.05, 3.63) is 52.5 Å². The Morgan fingerprint density at radius 2 is 1.89 bits per heavy atom. The Morgan fingerprint density at radius 1 is 1.22 bits per heavy atom. The number of carboxylic acid groups (broad SMARTS) is 1. The number of carbonyl (C=O) groups excluding carboxylic acids is 1. The fourth-order valence-corrected chi connectivity index (χ4v) is 5.18. The van der Waals surface area contributed by atoms with Gasteiger partial charge in [0.2, 0.25) is 5.91 Å². The van der Waals surface area contributed by atoms with Crippen LogP contribution >= 0.6 is 11.6 Å². The van der Waals surface area contributed by atoms with Crippen LogP contribution in [0.2, 0.25) is 5.02 Å². The van der Waals surface area contributed by atoms with Crippen LogP contribution in [0.4, 0.5) is 11.4 Å². The summed E-state index contributed by atoms with van der Waals surface area (Å²) in [5.74, 6) is -1.97. The predicted octanol–water partition coefficient (Wildman–Crippen LogP) is 2.95. The van der Waals surface area contributed by atoms with Gasteiger partial charge >= 0.3 is 5.97 Å². The van der Waals surface area contributed by atoms with E-state index in [1.807, 2.05) is 0 Å². The Balaban J connectivity index is 2.25. The third-order valence-corrected chi connectivity index (χ3v) is 6.72. The molecule has 0 radical (unpaired) electrons. The van der Waals surface area contributed by atoms with Crippen LogP contribution in [0, 0.1) is 13.8 Å². The van der Waals surface area contributed by atoms with Crippen LogP contribution in [0.5, 0.6) is 0 Å². The molecule has 0 aliphatic carbocycles. The van der Waals surface area contributed by atoms with Gasteiger partial charge in [-0.15, -0.1) is 0 Å². The number of fused-ring (bicyclic) bond motifs is 1. The van der Waals surface area contributed by atoms with Crippen LogP contribution in [0.1, 0.15) is 17.5 Å². The van der Waals surface area contributed by atoms with Crippen molar-refractivity contribution < 1.29 is 23.1 Å². The second kappa shape index (κ2) is 6.86. The van der Waals surface area contributed by atoms with Gasteiger partial charge < -0.3 is 10.4 Å². The van der Waals surface area contributed by atoms with Crippen LogP contribution in [0.3, 0.4) is 0 Å². The number of sulfonamides is 1. The number of hydrogen-bond acceptors (Lipinski definition) is 4. The molecule has 0 saturated carbocycles. The summed E-state index contributed by atoms with van der Waals surface area (Å²) in [7, 11) is -4.22. The number of amides is 1. The lowest BCUT2D eigenvalue weighted by Gasteiger charge is -2.36. The van der Waals surface area contributed by atoms with Crippen LogP contribution in [0.25, 0.3) is 0 Å². The van der Waals surface area contributed by atoms with E-state index in [9.17, 15) is 23.1 Å². The lowest BCUT2D eigenvalue weighted by atomic mass is 10.1. The number of nitrogens with zero attached hydrogens (tertiary/aromatic N) is 1. The van der Waals surface area contributed by atoms with Crippen molar-refractivity contribution in [2.75, 3.05) is 9.62 Å².